The van der Waals surface area contributed by atoms with Gasteiger partial charge in [-0.1, -0.05) is 60.1 Å². The second-order valence-electron chi connectivity index (χ2n) is 5.62. The third-order valence-corrected chi connectivity index (χ3v) is 5.12. The maximum Gasteiger partial charge on any atom is 0.175 e. The van der Waals surface area contributed by atoms with Crippen molar-refractivity contribution in [3.63, 3.8) is 0 Å². The van der Waals surface area contributed by atoms with Gasteiger partial charge in [0, 0.05) is 6.26 Å². The molecule has 0 aliphatic rings. The Kier molecular flexibility index (Phi) is 5.11. The fourth-order valence-electron chi connectivity index (χ4n) is 2.68. The average molecular weight is 373 g/mol. The van der Waals surface area contributed by atoms with Crippen LogP contribution in [-0.4, -0.2) is 20.7 Å². The Balaban J connectivity index is 2.06. The number of benzene rings is 3. The first-order valence-electron chi connectivity index (χ1n) is 7.68. The van der Waals surface area contributed by atoms with Crippen LogP contribution < -0.4 is 4.74 Å². The summed E-state index contributed by atoms with van der Waals surface area (Å²) < 4.78 is 28.7. The maximum atomic E-state index is 11.6. The quantitative estimate of drug-likeness (QED) is 0.592. The zero-order valence-corrected chi connectivity index (χ0v) is 15.2. The number of sulfone groups is 1. The molecule has 0 bridgehead atoms. The van der Waals surface area contributed by atoms with Crippen molar-refractivity contribution < 1.29 is 13.2 Å². The molecule has 3 aromatic rings. The van der Waals surface area contributed by atoms with Gasteiger partial charge in [-0.2, -0.15) is 0 Å². The molecule has 3 rings (SSSR count). The van der Waals surface area contributed by atoms with Crippen LogP contribution in [0.3, 0.4) is 0 Å². The molecule has 0 saturated carbocycles. The zero-order chi connectivity index (χ0) is 17.9. The molecule has 0 spiro atoms. The van der Waals surface area contributed by atoms with Gasteiger partial charge in [-0.25, -0.2) is 8.42 Å². The van der Waals surface area contributed by atoms with Crippen molar-refractivity contribution in [2.75, 3.05) is 12.3 Å². The molecule has 0 fully saturated rings. The summed E-state index contributed by atoms with van der Waals surface area (Å²) in [5.74, 6) is 0.703. The predicted octanol–water partition coefficient (Wildman–Crippen LogP) is 5.00. The molecule has 128 valence electrons. The van der Waals surface area contributed by atoms with E-state index in [1.165, 1.54) is 6.26 Å². The van der Waals surface area contributed by atoms with E-state index in [9.17, 15) is 8.42 Å². The normalized spacial score (nSPS) is 11.3. The lowest BCUT2D eigenvalue weighted by molar-refractivity contribution is 0.388. The van der Waals surface area contributed by atoms with Crippen molar-refractivity contribution in [2.24, 2.45) is 0 Å². The Labute approximate surface area is 152 Å². The molecular weight excluding hydrogens is 356 g/mol. The lowest BCUT2D eigenvalue weighted by Gasteiger charge is -2.12. The van der Waals surface area contributed by atoms with Crippen LogP contribution in [0.5, 0.6) is 5.75 Å². The Morgan fingerprint density at radius 2 is 1.48 bits per heavy atom. The minimum absolute atomic E-state index is 0.0953. The zero-order valence-electron chi connectivity index (χ0n) is 13.6. The molecule has 0 heterocycles. The van der Waals surface area contributed by atoms with Gasteiger partial charge in [0.1, 0.15) is 5.75 Å². The number of rotatable bonds is 5. The van der Waals surface area contributed by atoms with Gasteiger partial charge in [-0.05, 0) is 46.5 Å². The van der Waals surface area contributed by atoms with E-state index in [4.69, 9.17) is 16.3 Å². The van der Waals surface area contributed by atoms with E-state index in [1.807, 2.05) is 60.7 Å². The van der Waals surface area contributed by atoms with Gasteiger partial charge in [-0.15, -0.1) is 0 Å². The first-order valence-corrected chi connectivity index (χ1v) is 10.1. The highest BCUT2D eigenvalue weighted by atomic mass is 35.5. The van der Waals surface area contributed by atoms with E-state index in [-0.39, 0.29) is 6.07 Å². The predicted molar refractivity (Wildman–Crippen MR) is 102 cm³/mol. The van der Waals surface area contributed by atoms with Crippen molar-refractivity contribution >= 4 is 21.4 Å². The first-order chi connectivity index (χ1) is 12.0. The van der Waals surface area contributed by atoms with Gasteiger partial charge in [-0.3, -0.25) is 0 Å². The van der Waals surface area contributed by atoms with E-state index >= 15 is 0 Å². The number of alkyl halides is 1. The fourth-order valence-corrected chi connectivity index (χ4v) is 3.44. The molecule has 3 nitrogen and oxygen atoms in total. The summed E-state index contributed by atoms with van der Waals surface area (Å²) in [7, 11) is -3.21. The van der Waals surface area contributed by atoms with Gasteiger partial charge in [0.25, 0.3) is 0 Å². The Morgan fingerprint density at radius 3 is 2.08 bits per heavy atom. The second-order valence-corrected chi connectivity index (χ2v) is 7.86. The standard InChI is InChI=1S/C20H17ClO3S/c1-25(22,23)18-11-9-15(10-12-18)19-7-2-3-8-20(19)16-5-4-6-17(13-16)24-14-21/h2-13H,14H2,1H3. The minimum Gasteiger partial charge on any atom is -0.478 e. The van der Waals surface area contributed by atoms with E-state index in [0.717, 1.165) is 22.3 Å². The van der Waals surface area contributed by atoms with Gasteiger partial charge in [0.05, 0.1) is 4.90 Å². The van der Waals surface area contributed by atoms with Gasteiger partial charge < -0.3 is 4.74 Å². The molecule has 0 N–H and O–H groups in total. The van der Waals surface area contributed by atoms with Crippen molar-refractivity contribution in [1.29, 1.82) is 0 Å². The smallest absolute Gasteiger partial charge is 0.175 e. The second kappa shape index (κ2) is 7.30. The molecule has 5 heteroatoms. The van der Waals surface area contributed by atoms with E-state index < -0.39 is 9.84 Å². The molecule has 0 saturated heterocycles. The summed E-state index contributed by atoms with van der Waals surface area (Å²) in [6, 6.07) is 22.7. The summed E-state index contributed by atoms with van der Waals surface area (Å²) in [5, 5.41) is 0. The van der Waals surface area contributed by atoms with Crippen molar-refractivity contribution in [1.82, 2.24) is 0 Å². The van der Waals surface area contributed by atoms with Gasteiger partial charge >= 0.3 is 0 Å². The highest BCUT2D eigenvalue weighted by molar-refractivity contribution is 7.90. The first kappa shape index (κ1) is 17.5. The fraction of sp³-hybridized carbons (Fsp3) is 0.100. The number of ether oxygens (including phenoxy) is 1. The molecule has 0 unspecified atom stereocenters. The number of hydrogen-bond donors (Lipinski definition) is 0. The third kappa shape index (κ3) is 4.03. The molecule has 0 aliphatic carbocycles. The van der Waals surface area contributed by atoms with Crippen molar-refractivity contribution in [3.8, 4) is 28.0 Å². The van der Waals surface area contributed by atoms with Gasteiger partial charge in [0.2, 0.25) is 0 Å². The lowest BCUT2D eigenvalue weighted by Crippen LogP contribution is -1.96. The summed E-state index contributed by atoms with van der Waals surface area (Å²) in [6.07, 6.45) is 1.21. The molecule has 0 aliphatic heterocycles. The van der Waals surface area contributed by atoms with Crippen molar-refractivity contribution in [2.45, 2.75) is 4.90 Å². The van der Waals surface area contributed by atoms with E-state index in [1.54, 1.807) is 12.1 Å². The molecular formula is C20H17ClO3S. The third-order valence-electron chi connectivity index (χ3n) is 3.89. The highest BCUT2D eigenvalue weighted by Gasteiger charge is 2.10. The minimum atomic E-state index is -3.21. The van der Waals surface area contributed by atoms with Crippen LogP contribution in [0.2, 0.25) is 0 Å². The van der Waals surface area contributed by atoms with Crippen molar-refractivity contribution in [3.05, 3.63) is 72.8 Å². The largest absolute Gasteiger partial charge is 0.478 e. The van der Waals surface area contributed by atoms with Crippen LogP contribution >= 0.6 is 11.6 Å². The van der Waals surface area contributed by atoms with E-state index in [2.05, 4.69) is 0 Å². The summed E-state index contributed by atoms with van der Waals surface area (Å²) in [4.78, 5) is 0.311. The Bertz CT molecular complexity index is 980. The van der Waals surface area contributed by atoms with Crippen LogP contribution in [0.25, 0.3) is 22.3 Å². The van der Waals surface area contributed by atoms with Gasteiger partial charge in [0.15, 0.2) is 15.9 Å². The SMILES string of the molecule is CS(=O)(=O)c1ccc(-c2ccccc2-c2cccc(OCCl)c2)cc1. The molecule has 3 aromatic carbocycles. The molecule has 25 heavy (non-hydrogen) atoms. The van der Waals surface area contributed by atoms with E-state index in [0.29, 0.717) is 10.6 Å². The Morgan fingerprint density at radius 1 is 0.840 bits per heavy atom. The lowest BCUT2D eigenvalue weighted by atomic mass is 9.94. The summed E-state index contributed by atoms with van der Waals surface area (Å²) >= 11 is 5.64. The molecule has 0 atom stereocenters. The van der Waals surface area contributed by atoms with Crippen LogP contribution in [0.4, 0.5) is 0 Å². The summed E-state index contributed by atoms with van der Waals surface area (Å²) in [6.45, 7) is 0. The topological polar surface area (TPSA) is 43.4 Å². The van der Waals surface area contributed by atoms with Crippen LogP contribution in [0, 0.1) is 0 Å². The van der Waals surface area contributed by atoms with Crippen LogP contribution in [0.1, 0.15) is 0 Å². The number of halogens is 1. The van der Waals surface area contributed by atoms with Crippen LogP contribution in [0.15, 0.2) is 77.7 Å². The monoisotopic (exact) mass is 372 g/mol. The molecule has 0 amide bonds. The Hall–Kier alpha value is -2.30. The highest BCUT2D eigenvalue weighted by Crippen LogP contribution is 2.34. The average Bonchev–Trinajstić information content (AvgIpc) is 2.62. The van der Waals surface area contributed by atoms with Crippen LogP contribution in [-0.2, 0) is 9.84 Å². The molecule has 0 aromatic heterocycles. The maximum absolute atomic E-state index is 11.6. The number of hydrogen-bond acceptors (Lipinski definition) is 3. The summed E-state index contributed by atoms with van der Waals surface area (Å²) in [5.41, 5.74) is 4.01. The molecule has 0 radical (unpaired) electrons.